The number of nitrogens with zero attached hydrogens (tertiary/aromatic N) is 1. The minimum atomic E-state index is -4.32. The monoisotopic (exact) mass is 287 g/mol. The molecule has 1 unspecified atom stereocenters. The van der Waals surface area contributed by atoms with Crippen molar-refractivity contribution in [2.75, 3.05) is 7.05 Å². The van der Waals surface area contributed by atoms with Gasteiger partial charge in [0.25, 0.3) is 0 Å². The molecule has 5 heteroatoms. The zero-order valence-corrected chi connectivity index (χ0v) is 12.0. The van der Waals surface area contributed by atoms with Crippen LogP contribution in [0.25, 0.3) is 0 Å². The smallest absolute Gasteiger partial charge is 0.341 e. The molecule has 1 aromatic carbocycles. The maximum atomic E-state index is 12.4. The summed E-state index contributed by atoms with van der Waals surface area (Å²) in [5.74, 6) is -0.0359. The molecule has 0 N–H and O–H groups in total. The predicted octanol–water partition coefficient (Wildman–Crippen LogP) is 4.10. The molecule has 1 aromatic rings. The van der Waals surface area contributed by atoms with E-state index in [1.807, 2.05) is 13.8 Å². The Labute approximate surface area is 117 Å². The summed E-state index contributed by atoms with van der Waals surface area (Å²) in [5, 5.41) is 0. The molecular formula is C15H20F3NO. The fraction of sp³-hybridized carbons (Fsp3) is 0.533. The van der Waals surface area contributed by atoms with Gasteiger partial charge in [-0.05, 0) is 24.1 Å². The predicted molar refractivity (Wildman–Crippen MR) is 72.0 cm³/mol. The Morgan fingerprint density at radius 3 is 2.25 bits per heavy atom. The first kappa shape index (κ1) is 16.5. The molecule has 0 aromatic heterocycles. The Morgan fingerprint density at radius 1 is 1.25 bits per heavy atom. The topological polar surface area (TPSA) is 20.3 Å². The highest BCUT2D eigenvalue weighted by atomic mass is 19.4. The summed E-state index contributed by atoms with van der Waals surface area (Å²) < 4.78 is 37.3. The third-order valence-corrected chi connectivity index (χ3v) is 3.22. The largest absolute Gasteiger partial charge is 0.416 e. The van der Waals surface area contributed by atoms with Crippen molar-refractivity contribution >= 4 is 5.91 Å². The second-order valence-corrected chi connectivity index (χ2v) is 5.08. The van der Waals surface area contributed by atoms with Crippen LogP contribution in [0, 0.1) is 5.92 Å². The van der Waals surface area contributed by atoms with Crippen LogP contribution in [0.4, 0.5) is 13.2 Å². The number of rotatable bonds is 5. The standard InChI is InChI=1S/C15H20F3NO/c1-4-5-11(2)14(20)19(3)10-12-6-8-13(9-7-12)15(16,17)18/h6-9,11H,4-5,10H2,1-3H3. The van der Waals surface area contributed by atoms with E-state index >= 15 is 0 Å². The van der Waals surface area contributed by atoms with Crippen molar-refractivity contribution in [3.05, 3.63) is 35.4 Å². The van der Waals surface area contributed by atoms with Gasteiger partial charge in [0.1, 0.15) is 0 Å². The fourth-order valence-electron chi connectivity index (χ4n) is 2.08. The van der Waals surface area contributed by atoms with Gasteiger partial charge in [-0.3, -0.25) is 4.79 Å². The second kappa shape index (κ2) is 6.77. The Balaban J connectivity index is 2.67. The molecule has 0 heterocycles. The number of hydrogen-bond donors (Lipinski definition) is 0. The molecule has 1 amide bonds. The molecule has 0 aliphatic rings. The molecule has 112 valence electrons. The van der Waals surface area contributed by atoms with E-state index in [1.165, 1.54) is 12.1 Å². The zero-order chi connectivity index (χ0) is 15.3. The van der Waals surface area contributed by atoms with Gasteiger partial charge in [0.2, 0.25) is 5.91 Å². The van der Waals surface area contributed by atoms with Crippen LogP contribution in [0.3, 0.4) is 0 Å². The van der Waals surface area contributed by atoms with Crippen LogP contribution in [-0.2, 0) is 17.5 Å². The lowest BCUT2D eigenvalue weighted by molar-refractivity contribution is -0.137. The maximum absolute atomic E-state index is 12.4. The van der Waals surface area contributed by atoms with E-state index < -0.39 is 11.7 Å². The zero-order valence-electron chi connectivity index (χ0n) is 12.0. The summed E-state index contributed by atoms with van der Waals surface area (Å²) >= 11 is 0. The average molecular weight is 287 g/mol. The lowest BCUT2D eigenvalue weighted by Gasteiger charge is -2.21. The van der Waals surface area contributed by atoms with Crippen LogP contribution in [0.1, 0.15) is 37.8 Å². The fourth-order valence-corrected chi connectivity index (χ4v) is 2.08. The Kier molecular flexibility index (Phi) is 5.60. The van der Waals surface area contributed by atoms with E-state index in [9.17, 15) is 18.0 Å². The van der Waals surface area contributed by atoms with Gasteiger partial charge in [-0.25, -0.2) is 0 Å². The van der Waals surface area contributed by atoms with Gasteiger partial charge < -0.3 is 4.90 Å². The molecule has 0 fully saturated rings. The van der Waals surface area contributed by atoms with Crippen molar-refractivity contribution in [2.24, 2.45) is 5.92 Å². The van der Waals surface area contributed by atoms with Gasteiger partial charge in [-0.1, -0.05) is 32.4 Å². The molecule has 0 radical (unpaired) electrons. The van der Waals surface area contributed by atoms with Gasteiger partial charge in [0, 0.05) is 19.5 Å². The molecule has 0 spiro atoms. The van der Waals surface area contributed by atoms with Gasteiger partial charge in [0.15, 0.2) is 0 Å². The molecule has 0 aliphatic carbocycles. The van der Waals surface area contributed by atoms with Gasteiger partial charge in [-0.2, -0.15) is 13.2 Å². The van der Waals surface area contributed by atoms with Crippen molar-refractivity contribution in [3.8, 4) is 0 Å². The number of alkyl halides is 3. The highest BCUT2D eigenvalue weighted by molar-refractivity contribution is 5.78. The first-order valence-corrected chi connectivity index (χ1v) is 6.66. The summed E-state index contributed by atoms with van der Waals surface area (Å²) in [5.41, 5.74) is 0.0205. The van der Waals surface area contributed by atoms with E-state index in [1.54, 1.807) is 11.9 Å². The number of carbonyl (C=O) groups is 1. The quantitative estimate of drug-likeness (QED) is 0.798. The highest BCUT2D eigenvalue weighted by Gasteiger charge is 2.30. The Morgan fingerprint density at radius 2 is 1.80 bits per heavy atom. The van der Waals surface area contributed by atoms with E-state index in [0.29, 0.717) is 12.1 Å². The van der Waals surface area contributed by atoms with E-state index in [4.69, 9.17) is 0 Å². The first-order chi connectivity index (χ1) is 9.25. The number of halogens is 3. The van der Waals surface area contributed by atoms with E-state index in [-0.39, 0.29) is 11.8 Å². The van der Waals surface area contributed by atoms with Gasteiger partial charge in [-0.15, -0.1) is 0 Å². The van der Waals surface area contributed by atoms with E-state index in [2.05, 4.69) is 0 Å². The molecule has 0 saturated carbocycles. The maximum Gasteiger partial charge on any atom is 0.416 e. The van der Waals surface area contributed by atoms with Crippen LogP contribution in [-0.4, -0.2) is 17.9 Å². The van der Waals surface area contributed by atoms with Crippen molar-refractivity contribution in [3.63, 3.8) is 0 Å². The lowest BCUT2D eigenvalue weighted by atomic mass is 10.0. The van der Waals surface area contributed by atoms with Crippen LogP contribution < -0.4 is 0 Å². The summed E-state index contributed by atoms with van der Waals surface area (Å²) in [6.45, 7) is 4.21. The number of amides is 1. The summed E-state index contributed by atoms with van der Waals surface area (Å²) in [7, 11) is 1.67. The minimum Gasteiger partial charge on any atom is -0.341 e. The van der Waals surface area contributed by atoms with Gasteiger partial charge >= 0.3 is 6.18 Å². The van der Waals surface area contributed by atoms with Crippen molar-refractivity contribution in [2.45, 2.75) is 39.4 Å². The van der Waals surface area contributed by atoms with Gasteiger partial charge in [0.05, 0.1) is 5.56 Å². The summed E-state index contributed by atoms with van der Waals surface area (Å²) in [6, 6.07) is 4.92. The van der Waals surface area contributed by atoms with Crippen LogP contribution in [0.2, 0.25) is 0 Å². The highest BCUT2D eigenvalue weighted by Crippen LogP contribution is 2.29. The molecule has 0 saturated heterocycles. The first-order valence-electron chi connectivity index (χ1n) is 6.66. The number of hydrogen-bond acceptors (Lipinski definition) is 1. The summed E-state index contributed by atoms with van der Waals surface area (Å²) in [4.78, 5) is 13.6. The lowest BCUT2D eigenvalue weighted by Crippen LogP contribution is -2.31. The Hall–Kier alpha value is -1.52. The van der Waals surface area contributed by atoms with Crippen LogP contribution >= 0.6 is 0 Å². The average Bonchev–Trinajstić information content (AvgIpc) is 2.37. The molecule has 2 nitrogen and oxygen atoms in total. The third-order valence-electron chi connectivity index (χ3n) is 3.22. The number of carbonyl (C=O) groups excluding carboxylic acids is 1. The summed E-state index contributed by atoms with van der Waals surface area (Å²) in [6.07, 6.45) is -2.58. The normalized spacial score (nSPS) is 13.1. The molecule has 1 rings (SSSR count). The second-order valence-electron chi connectivity index (χ2n) is 5.08. The molecule has 0 aliphatic heterocycles. The molecule has 1 atom stereocenters. The SMILES string of the molecule is CCCC(C)C(=O)N(C)Cc1ccc(C(F)(F)F)cc1. The minimum absolute atomic E-state index is 0.0201. The Bertz CT molecular complexity index is 439. The molecular weight excluding hydrogens is 267 g/mol. The number of benzene rings is 1. The van der Waals surface area contributed by atoms with Crippen molar-refractivity contribution in [1.82, 2.24) is 4.90 Å². The van der Waals surface area contributed by atoms with Crippen LogP contribution in [0.15, 0.2) is 24.3 Å². The van der Waals surface area contributed by atoms with Crippen molar-refractivity contribution in [1.29, 1.82) is 0 Å². The molecule has 20 heavy (non-hydrogen) atoms. The van der Waals surface area contributed by atoms with Crippen molar-refractivity contribution < 1.29 is 18.0 Å². The van der Waals surface area contributed by atoms with Crippen LogP contribution in [0.5, 0.6) is 0 Å². The van der Waals surface area contributed by atoms with E-state index in [0.717, 1.165) is 25.0 Å². The third kappa shape index (κ3) is 4.54. The molecule has 0 bridgehead atoms.